The van der Waals surface area contributed by atoms with Gasteiger partial charge in [-0.05, 0) is 42.5 Å². The first-order valence-electron chi connectivity index (χ1n) is 6.24. The minimum atomic E-state index is -0.571. The molecule has 0 spiro atoms. The molecule has 1 fully saturated rings. The smallest absolute Gasteiger partial charge is 0.0812 e. The first kappa shape index (κ1) is 10.8. The number of aliphatic hydroxyl groups is 1. The van der Waals surface area contributed by atoms with Crippen LogP contribution < -0.4 is 5.32 Å². The molecular weight excluding hydrogens is 212 g/mol. The Bertz CT molecular complexity index is 512. The van der Waals surface area contributed by atoms with Gasteiger partial charge in [0.15, 0.2) is 0 Å². The summed E-state index contributed by atoms with van der Waals surface area (Å²) in [5.41, 5.74) is 1.78. The van der Waals surface area contributed by atoms with Crippen molar-refractivity contribution in [2.75, 3.05) is 13.1 Å². The third-order valence-electron chi connectivity index (χ3n) is 3.60. The van der Waals surface area contributed by atoms with Gasteiger partial charge >= 0.3 is 0 Å². The molecule has 2 heterocycles. The third kappa shape index (κ3) is 2.21. The van der Waals surface area contributed by atoms with Crippen molar-refractivity contribution < 1.29 is 5.11 Å². The lowest BCUT2D eigenvalue weighted by atomic mass is 9.87. The second kappa shape index (κ2) is 4.17. The Labute approximate surface area is 101 Å². The molecule has 3 rings (SSSR count). The number of rotatable bonds is 2. The highest BCUT2D eigenvalue weighted by atomic mass is 16.3. The molecule has 1 aromatic heterocycles. The average molecular weight is 230 g/mol. The first-order chi connectivity index (χ1) is 8.25. The van der Waals surface area contributed by atoms with E-state index >= 15 is 0 Å². The number of aromatic amines is 1. The molecule has 3 N–H and O–H groups in total. The summed E-state index contributed by atoms with van der Waals surface area (Å²) in [6.07, 6.45) is 4.63. The highest BCUT2D eigenvalue weighted by Gasteiger charge is 2.29. The summed E-state index contributed by atoms with van der Waals surface area (Å²) in [5.74, 6) is 0. The molecule has 1 saturated heterocycles. The molecule has 3 heteroatoms. The van der Waals surface area contributed by atoms with Crippen molar-refractivity contribution in [3.05, 3.63) is 36.0 Å². The molecule has 0 saturated carbocycles. The Morgan fingerprint density at radius 1 is 1.29 bits per heavy atom. The van der Waals surface area contributed by atoms with Crippen LogP contribution in [0, 0.1) is 0 Å². The predicted octanol–water partition coefficient (Wildman–Crippen LogP) is 1.82. The number of β-amino-alcohol motifs (C(OH)–C–C–N with tert-alkyl or cyclic N) is 1. The van der Waals surface area contributed by atoms with E-state index < -0.39 is 5.60 Å². The van der Waals surface area contributed by atoms with Crippen LogP contribution in [-0.2, 0) is 6.42 Å². The maximum Gasteiger partial charge on any atom is 0.0812 e. The van der Waals surface area contributed by atoms with E-state index in [4.69, 9.17) is 0 Å². The van der Waals surface area contributed by atoms with Gasteiger partial charge in [0.1, 0.15) is 0 Å². The van der Waals surface area contributed by atoms with E-state index in [-0.39, 0.29) is 0 Å². The van der Waals surface area contributed by atoms with Crippen LogP contribution in [0.3, 0.4) is 0 Å². The SMILES string of the molecule is OC1(Cc2ccc3cc[nH]c3c2)CCCNC1. The topological polar surface area (TPSA) is 48.0 Å². The fraction of sp³-hybridized carbons (Fsp3) is 0.429. The predicted molar refractivity (Wildman–Crippen MR) is 69.1 cm³/mol. The molecule has 0 aliphatic carbocycles. The van der Waals surface area contributed by atoms with E-state index in [2.05, 4.69) is 34.6 Å². The van der Waals surface area contributed by atoms with E-state index in [1.165, 1.54) is 10.9 Å². The van der Waals surface area contributed by atoms with Crippen LogP contribution in [0.25, 0.3) is 10.9 Å². The number of piperidine rings is 1. The van der Waals surface area contributed by atoms with E-state index in [9.17, 15) is 5.11 Å². The van der Waals surface area contributed by atoms with Gasteiger partial charge < -0.3 is 15.4 Å². The van der Waals surface area contributed by atoms with Crippen LogP contribution >= 0.6 is 0 Å². The van der Waals surface area contributed by atoms with E-state index in [1.807, 2.05) is 6.20 Å². The lowest BCUT2D eigenvalue weighted by Crippen LogP contribution is -2.47. The largest absolute Gasteiger partial charge is 0.388 e. The number of nitrogens with one attached hydrogen (secondary N) is 2. The minimum absolute atomic E-state index is 0.571. The Morgan fingerprint density at radius 2 is 2.24 bits per heavy atom. The number of hydrogen-bond acceptors (Lipinski definition) is 2. The van der Waals surface area contributed by atoms with Crippen molar-refractivity contribution in [2.24, 2.45) is 0 Å². The van der Waals surface area contributed by atoms with Crippen molar-refractivity contribution in [2.45, 2.75) is 24.9 Å². The molecule has 90 valence electrons. The molecule has 1 unspecified atom stereocenters. The Balaban J connectivity index is 1.83. The summed E-state index contributed by atoms with van der Waals surface area (Å²) < 4.78 is 0. The Morgan fingerprint density at radius 3 is 3.06 bits per heavy atom. The molecule has 2 aromatic rings. The summed E-state index contributed by atoms with van der Waals surface area (Å²) in [6, 6.07) is 8.43. The molecule has 1 aliphatic heterocycles. The first-order valence-corrected chi connectivity index (χ1v) is 6.24. The van der Waals surface area contributed by atoms with Gasteiger partial charge in [0, 0.05) is 24.7 Å². The molecule has 3 nitrogen and oxygen atoms in total. The zero-order chi connectivity index (χ0) is 11.7. The van der Waals surface area contributed by atoms with Crippen LogP contribution in [0.15, 0.2) is 30.5 Å². The van der Waals surface area contributed by atoms with E-state index in [0.717, 1.165) is 31.3 Å². The zero-order valence-corrected chi connectivity index (χ0v) is 9.87. The summed E-state index contributed by atoms with van der Waals surface area (Å²) >= 11 is 0. The van der Waals surface area contributed by atoms with Gasteiger partial charge in [-0.2, -0.15) is 0 Å². The second-order valence-electron chi connectivity index (χ2n) is 5.08. The van der Waals surface area contributed by atoms with Crippen LogP contribution in [0.4, 0.5) is 0 Å². The molecule has 0 bridgehead atoms. The molecular formula is C14H18N2O. The molecule has 1 aliphatic rings. The minimum Gasteiger partial charge on any atom is -0.388 e. The number of hydrogen-bond donors (Lipinski definition) is 3. The highest BCUT2D eigenvalue weighted by Crippen LogP contribution is 2.23. The second-order valence-corrected chi connectivity index (χ2v) is 5.08. The summed E-state index contributed by atoms with van der Waals surface area (Å²) in [7, 11) is 0. The molecule has 1 atom stereocenters. The van der Waals surface area contributed by atoms with Gasteiger partial charge in [-0.1, -0.05) is 12.1 Å². The normalized spacial score (nSPS) is 25.2. The lowest BCUT2D eigenvalue weighted by Gasteiger charge is -2.32. The Kier molecular flexibility index (Phi) is 2.65. The van der Waals surface area contributed by atoms with Gasteiger partial charge in [0.05, 0.1) is 5.60 Å². The number of aromatic nitrogens is 1. The zero-order valence-electron chi connectivity index (χ0n) is 9.87. The summed E-state index contributed by atoms with van der Waals surface area (Å²) in [6.45, 7) is 1.73. The van der Waals surface area contributed by atoms with Crippen LogP contribution in [0.2, 0.25) is 0 Å². The number of H-pyrrole nitrogens is 1. The molecule has 0 amide bonds. The standard InChI is InChI=1S/C14H18N2O/c17-14(5-1-6-15-10-14)9-11-2-3-12-4-7-16-13(12)8-11/h2-4,7-8,15-17H,1,5-6,9-10H2. The van der Waals surface area contributed by atoms with Gasteiger partial charge in [-0.25, -0.2) is 0 Å². The fourth-order valence-electron chi connectivity index (χ4n) is 2.69. The quantitative estimate of drug-likeness (QED) is 0.737. The lowest BCUT2D eigenvalue weighted by molar-refractivity contribution is 0.0170. The maximum atomic E-state index is 10.5. The molecule has 17 heavy (non-hydrogen) atoms. The monoisotopic (exact) mass is 230 g/mol. The van der Waals surface area contributed by atoms with Crippen molar-refractivity contribution in [1.29, 1.82) is 0 Å². The highest BCUT2D eigenvalue weighted by molar-refractivity contribution is 5.79. The maximum absolute atomic E-state index is 10.5. The van der Waals surface area contributed by atoms with Crippen LogP contribution in [0.5, 0.6) is 0 Å². The van der Waals surface area contributed by atoms with Crippen molar-refractivity contribution in [3.63, 3.8) is 0 Å². The average Bonchev–Trinajstić information content (AvgIpc) is 2.76. The molecule has 0 radical (unpaired) electrons. The van der Waals surface area contributed by atoms with Crippen LogP contribution in [0.1, 0.15) is 18.4 Å². The van der Waals surface area contributed by atoms with Gasteiger partial charge in [0.2, 0.25) is 0 Å². The van der Waals surface area contributed by atoms with E-state index in [0.29, 0.717) is 6.54 Å². The van der Waals surface area contributed by atoms with E-state index in [1.54, 1.807) is 0 Å². The summed E-state index contributed by atoms with van der Waals surface area (Å²) in [4.78, 5) is 3.21. The van der Waals surface area contributed by atoms with Crippen molar-refractivity contribution in [3.8, 4) is 0 Å². The Hall–Kier alpha value is -1.32. The fourth-order valence-corrected chi connectivity index (χ4v) is 2.69. The van der Waals surface area contributed by atoms with Gasteiger partial charge in [-0.15, -0.1) is 0 Å². The third-order valence-corrected chi connectivity index (χ3v) is 3.60. The van der Waals surface area contributed by atoms with Crippen molar-refractivity contribution >= 4 is 10.9 Å². The van der Waals surface area contributed by atoms with Crippen molar-refractivity contribution in [1.82, 2.24) is 10.3 Å². The van der Waals surface area contributed by atoms with Gasteiger partial charge in [-0.3, -0.25) is 0 Å². The number of fused-ring (bicyclic) bond motifs is 1. The number of benzene rings is 1. The molecule has 1 aromatic carbocycles. The van der Waals surface area contributed by atoms with Gasteiger partial charge in [0.25, 0.3) is 0 Å². The van der Waals surface area contributed by atoms with Crippen LogP contribution in [-0.4, -0.2) is 28.8 Å². The summed E-state index contributed by atoms with van der Waals surface area (Å²) in [5, 5.41) is 15.0.